The molecule has 0 atom stereocenters. The van der Waals surface area contributed by atoms with E-state index >= 15 is 0 Å². The topological polar surface area (TPSA) is 105 Å². The monoisotopic (exact) mass is 370 g/mol. The quantitative estimate of drug-likeness (QED) is 0.660. The first-order valence-electron chi connectivity index (χ1n) is 8.50. The molecule has 2 aromatic carbocycles. The van der Waals surface area contributed by atoms with Crippen LogP contribution in [0, 0.1) is 6.92 Å². The molecule has 7 nitrogen and oxygen atoms in total. The molecule has 0 aromatic heterocycles. The average molecular weight is 370 g/mol. The Morgan fingerprint density at radius 1 is 1.04 bits per heavy atom. The number of hydrogen-bond acceptors (Lipinski definition) is 4. The van der Waals surface area contributed by atoms with Crippen molar-refractivity contribution in [3.8, 4) is 5.75 Å². The van der Waals surface area contributed by atoms with Crippen molar-refractivity contribution in [2.75, 3.05) is 13.2 Å². The zero-order chi connectivity index (χ0) is 19.8. The largest absolute Gasteiger partial charge is 0.484 e. The summed E-state index contributed by atoms with van der Waals surface area (Å²) in [5.41, 5.74) is 1.85. The van der Waals surface area contributed by atoms with Crippen molar-refractivity contribution in [1.82, 2.24) is 10.6 Å². The van der Waals surface area contributed by atoms with E-state index in [-0.39, 0.29) is 36.1 Å². The molecule has 0 radical (unpaired) electrons. The van der Waals surface area contributed by atoms with Crippen LogP contribution in [0.2, 0.25) is 0 Å². The number of ether oxygens (including phenoxy) is 1. The third kappa shape index (κ3) is 6.14. The number of nitrogens with one attached hydrogen (secondary N) is 2. The van der Waals surface area contributed by atoms with Crippen LogP contribution in [0.4, 0.5) is 0 Å². The van der Waals surface area contributed by atoms with E-state index in [0.717, 1.165) is 5.56 Å². The summed E-state index contributed by atoms with van der Waals surface area (Å²) < 4.78 is 5.42. The Labute approximate surface area is 157 Å². The Balaban J connectivity index is 1.98. The highest BCUT2D eigenvalue weighted by Gasteiger charge is 2.11. The molecule has 2 aromatic rings. The highest BCUT2D eigenvalue weighted by Crippen LogP contribution is 2.14. The summed E-state index contributed by atoms with van der Waals surface area (Å²) in [7, 11) is 0. The van der Waals surface area contributed by atoms with Crippen molar-refractivity contribution in [3.63, 3.8) is 0 Å². The molecule has 0 aliphatic heterocycles. The number of aryl methyl sites for hydroxylation is 1. The second-order valence-electron chi connectivity index (χ2n) is 5.97. The lowest BCUT2D eigenvalue weighted by Gasteiger charge is -2.10. The van der Waals surface area contributed by atoms with Gasteiger partial charge in [-0.05, 0) is 55.3 Å². The van der Waals surface area contributed by atoms with E-state index < -0.39 is 5.97 Å². The molecule has 7 heteroatoms. The van der Waals surface area contributed by atoms with Gasteiger partial charge in [0.25, 0.3) is 11.8 Å². The SMILES string of the molecule is CCNC(=O)COc1cccc(CNC(=O)c2cc(C)cc(C(=O)O)c2)c1. The molecule has 0 spiro atoms. The second-order valence-corrected chi connectivity index (χ2v) is 5.97. The fraction of sp³-hybridized carbons (Fsp3) is 0.250. The van der Waals surface area contributed by atoms with Gasteiger partial charge in [0.15, 0.2) is 6.61 Å². The minimum atomic E-state index is -1.08. The smallest absolute Gasteiger partial charge is 0.335 e. The van der Waals surface area contributed by atoms with Crippen LogP contribution in [0.5, 0.6) is 5.75 Å². The lowest BCUT2D eigenvalue weighted by molar-refractivity contribution is -0.122. The first kappa shape index (κ1) is 20.0. The number of amides is 2. The Kier molecular flexibility index (Phi) is 6.93. The predicted octanol–water partition coefficient (Wildman–Crippen LogP) is 2.14. The van der Waals surface area contributed by atoms with Crippen LogP contribution in [-0.2, 0) is 11.3 Å². The van der Waals surface area contributed by atoms with Crippen LogP contribution < -0.4 is 15.4 Å². The summed E-state index contributed by atoms with van der Waals surface area (Å²) >= 11 is 0. The van der Waals surface area contributed by atoms with Crippen molar-refractivity contribution in [3.05, 3.63) is 64.7 Å². The summed E-state index contributed by atoms with van der Waals surface area (Å²) in [4.78, 5) is 34.9. The fourth-order valence-electron chi connectivity index (χ4n) is 2.46. The number of likely N-dealkylation sites (N-methyl/N-ethyl adjacent to an activating group) is 1. The van der Waals surface area contributed by atoms with Gasteiger partial charge < -0.3 is 20.5 Å². The predicted molar refractivity (Wildman–Crippen MR) is 99.9 cm³/mol. The van der Waals surface area contributed by atoms with Crippen LogP contribution >= 0.6 is 0 Å². The normalized spacial score (nSPS) is 10.1. The third-order valence-corrected chi connectivity index (χ3v) is 3.68. The zero-order valence-electron chi connectivity index (χ0n) is 15.2. The number of carboxylic acids is 1. The number of aromatic carboxylic acids is 1. The van der Waals surface area contributed by atoms with E-state index in [1.165, 1.54) is 12.1 Å². The molecule has 2 amide bonds. The lowest BCUT2D eigenvalue weighted by Crippen LogP contribution is -2.28. The number of carbonyl (C=O) groups is 3. The summed E-state index contributed by atoms with van der Waals surface area (Å²) in [6, 6.07) is 11.5. The average Bonchev–Trinajstić information content (AvgIpc) is 2.64. The van der Waals surface area contributed by atoms with Gasteiger partial charge in [-0.15, -0.1) is 0 Å². The van der Waals surface area contributed by atoms with E-state index in [1.807, 2.05) is 13.0 Å². The van der Waals surface area contributed by atoms with E-state index in [1.54, 1.807) is 31.2 Å². The van der Waals surface area contributed by atoms with E-state index in [9.17, 15) is 14.4 Å². The van der Waals surface area contributed by atoms with Gasteiger partial charge in [0.1, 0.15) is 5.75 Å². The standard InChI is InChI=1S/C20H22N2O5/c1-3-21-18(23)12-27-17-6-4-5-14(9-17)11-22-19(24)15-7-13(2)8-16(10-15)20(25)26/h4-10H,3,11-12H2,1-2H3,(H,21,23)(H,22,24)(H,25,26). The van der Waals surface area contributed by atoms with Gasteiger partial charge in [-0.2, -0.15) is 0 Å². The Hall–Kier alpha value is -3.35. The van der Waals surface area contributed by atoms with Gasteiger partial charge in [-0.3, -0.25) is 9.59 Å². The maximum absolute atomic E-state index is 12.3. The number of hydrogen-bond donors (Lipinski definition) is 3. The van der Waals surface area contributed by atoms with Crippen LogP contribution in [0.1, 0.15) is 38.8 Å². The summed E-state index contributed by atoms with van der Waals surface area (Å²) in [6.45, 7) is 4.27. The van der Waals surface area contributed by atoms with E-state index in [2.05, 4.69) is 10.6 Å². The first-order valence-corrected chi connectivity index (χ1v) is 8.50. The Morgan fingerprint density at radius 2 is 1.78 bits per heavy atom. The second kappa shape index (κ2) is 9.38. The number of benzene rings is 2. The van der Waals surface area contributed by atoms with Gasteiger partial charge in [0.05, 0.1) is 5.56 Å². The summed E-state index contributed by atoms with van der Waals surface area (Å²) in [5, 5.41) is 14.5. The van der Waals surface area contributed by atoms with Crippen LogP contribution in [-0.4, -0.2) is 36.0 Å². The molecular weight excluding hydrogens is 348 g/mol. The van der Waals surface area contributed by atoms with Crippen molar-refractivity contribution >= 4 is 17.8 Å². The van der Waals surface area contributed by atoms with E-state index in [4.69, 9.17) is 9.84 Å². The van der Waals surface area contributed by atoms with Crippen LogP contribution in [0.3, 0.4) is 0 Å². The molecule has 0 saturated carbocycles. The highest BCUT2D eigenvalue weighted by atomic mass is 16.5. The number of rotatable bonds is 8. The molecule has 0 saturated heterocycles. The fourth-order valence-corrected chi connectivity index (χ4v) is 2.46. The molecule has 142 valence electrons. The number of carboxylic acid groups (broad SMARTS) is 1. The molecule has 3 N–H and O–H groups in total. The van der Waals surface area contributed by atoms with Gasteiger partial charge in [0.2, 0.25) is 0 Å². The highest BCUT2D eigenvalue weighted by molar-refractivity contribution is 5.97. The molecule has 0 aliphatic rings. The summed E-state index contributed by atoms with van der Waals surface area (Å²) in [5.74, 6) is -1.12. The van der Waals surface area contributed by atoms with Crippen LogP contribution in [0.15, 0.2) is 42.5 Å². The molecule has 0 fully saturated rings. The third-order valence-electron chi connectivity index (χ3n) is 3.68. The molecule has 0 aliphatic carbocycles. The Bertz CT molecular complexity index is 848. The molecule has 0 unspecified atom stereocenters. The molecule has 0 bridgehead atoms. The molecule has 2 rings (SSSR count). The maximum Gasteiger partial charge on any atom is 0.335 e. The van der Waals surface area contributed by atoms with Crippen molar-refractivity contribution in [1.29, 1.82) is 0 Å². The van der Waals surface area contributed by atoms with Crippen molar-refractivity contribution < 1.29 is 24.2 Å². The zero-order valence-corrected chi connectivity index (χ0v) is 15.2. The molecule has 0 heterocycles. The number of carbonyl (C=O) groups excluding carboxylic acids is 2. The molecular formula is C20H22N2O5. The van der Waals surface area contributed by atoms with Crippen molar-refractivity contribution in [2.24, 2.45) is 0 Å². The minimum absolute atomic E-state index is 0.0703. The van der Waals surface area contributed by atoms with E-state index in [0.29, 0.717) is 17.9 Å². The van der Waals surface area contributed by atoms with Gasteiger partial charge >= 0.3 is 5.97 Å². The van der Waals surface area contributed by atoms with Gasteiger partial charge in [-0.1, -0.05) is 12.1 Å². The van der Waals surface area contributed by atoms with Gasteiger partial charge in [-0.25, -0.2) is 4.79 Å². The van der Waals surface area contributed by atoms with Crippen molar-refractivity contribution in [2.45, 2.75) is 20.4 Å². The first-order chi connectivity index (χ1) is 12.9. The lowest BCUT2D eigenvalue weighted by atomic mass is 10.1. The maximum atomic E-state index is 12.3. The minimum Gasteiger partial charge on any atom is -0.484 e. The van der Waals surface area contributed by atoms with Gasteiger partial charge in [0, 0.05) is 18.7 Å². The van der Waals surface area contributed by atoms with Crippen LogP contribution in [0.25, 0.3) is 0 Å². The summed E-state index contributed by atoms with van der Waals surface area (Å²) in [6.07, 6.45) is 0. The molecule has 27 heavy (non-hydrogen) atoms. The Morgan fingerprint density at radius 3 is 2.48 bits per heavy atom.